The highest BCUT2D eigenvalue weighted by atomic mass is 35.5. The molecule has 0 aliphatic rings. The maximum atomic E-state index is 12.2. The van der Waals surface area contributed by atoms with Crippen LogP contribution in [0.15, 0.2) is 12.3 Å². The second kappa shape index (κ2) is 7.93. The van der Waals surface area contributed by atoms with Gasteiger partial charge >= 0.3 is 0 Å². The molecular weight excluding hydrogens is 270 g/mol. The van der Waals surface area contributed by atoms with Crippen LogP contribution in [0.3, 0.4) is 0 Å². The van der Waals surface area contributed by atoms with Crippen LogP contribution in [-0.2, 0) is 4.74 Å². The number of aliphatic hydroxyl groups is 1. The van der Waals surface area contributed by atoms with Crippen LogP contribution in [-0.4, -0.2) is 61.4 Å². The van der Waals surface area contributed by atoms with Crippen molar-refractivity contribution in [1.29, 1.82) is 0 Å². The van der Waals surface area contributed by atoms with Crippen molar-refractivity contribution in [3.8, 4) is 0 Å². The molecule has 0 radical (unpaired) electrons. The van der Waals surface area contributed by atoms with Gasteiger partial charge in [-0.25, -0.2) is 4.98 Å². The van der Waals surface area contributed by atoms with E-state index in [-0.39, 0.29) is 19.1 Å². The van der Waals surface area contributed by atoms with E-state index < -0.39 is 0 Å². The Bertz CT molecular complexity index is 429. The van der Waals surface area contributed by atoms with Crippen molar-refractivity contribution in [3.05, 3.63) is 22.8 Å². The molecule has 1 aromatic rings. The Morgan fingerprint density at radius 1 is 1.58 bits per heavy atom. The largest absolute Gasteiger partial charge is 0.395 e. The number of pyridine rings is 1. The van der Waals surface area contributed by atoms with E-state index in [0.717, 1.165) is 0 Å². The Kier molecular flexibility index (Phi) is 6.55. The highest BCUT2D eigenvalue weighted by Gasteiger charge is 2.16. The molecule has 2 N–H and O–H groups in total. The Morgan fingerprint density at radius 3 is 2.84 bits per heavy atom. The van der Waals surface area contributed by atoms with Gasteiger partial charge in [-0.3, -0.25) is 4.79 Å². The molecule has 6 nitrogen and oxygen atoms in total. The topological polar surface area (TPSA) is 74.7 Å². The molecule has 0 aromatic carbocycles. The van der Waals surface area contributed by atoms with Gasteiger partial charge in [0.25, 0.3) is 5.91 Å². The number of aromatic nitrogens is 1. The number of hydrogen-bond acceptors (Lipinski definition) is 5. The van der Waals surface area contributed by atoms with E-state index in [1.54, 1.807) is 20.2 Å². The fourth-order valence-electron chi connectivity index (χ4n) is 1.56. The predicted molar refractivity (Wildman–Crippen MR) is 73.7 cm³/mol. The second-order valence-electron chi connectivity index (χ2n) is 3.81. The normalized spacial score (nSPS) is 10.3. The first-order chi connectivity index (χ1) is 9.13. The van der Waals surface area contributed by atoms with Crippen LogP contribution < -0.4 is 5.32 Å². The molecule has 0 bridgehead atoms. The van der Waals surface area contributed by atoms with Crippen molar-refractivity contribution in [2.45, 2.75) is 0 Å². The summed E-state index contributed by atoms with van der Waals surface area (Å²) in [5.41, 5.74) is 0.383. The quantitative estimate of drug-likeness (QED) is 0.778. The molecular formula is C12H18ClN3O3. The Morgan fingerprint density at radius 2 is 2.32 bits per heavy atom. The molecule has 1 aromatic heterocycles. The lowest BCUT2D eigenvalue weighted by Gasteiger charge is -2.21. The summed E-state index contributed by atoms with van der Waals surface area (Å²) in [4.78, 5) is 17.8. The van der Waals surface area contributed by atoms with Crippen LogP contribution in [0.2, 0.25) is 5.02 Å². The third kappa shape index (κ3) is 4.34. The number of rotatable bonds is 7. The van der Waals surface area contributed by atoms with E-state index in [2.05, 4.69) is 10.3 Å². The number of carbonyl (C=O) groups excluding carboxylic acids is 1. The molecule has 0 saturated carbocycles. The molecule has 0 aliphatic heterocycles. The molecule has 0 fully saturated rings. The maximum absolute atomic E-state index is 12.2. The average molecular weight is 288 g/mol. The fourth-order valence-corrected chi connectivity index (χ4v) is 1.82. The van der Waals surface area contributed by atoms with E-state index in [0.29, 0.717) is 29.6 Å². The minimum absolute atomic E-state index is 0.106. The summed E-state index contributed by atoms with van der Waals surface area (Å²) < 4.78 is 4.94. The number of ether oxygens (including phenoxy) is 1. The molecule has 1 heterocycles. The summed E-state index contributed by atoms with van der Waals surface area (Å²) in [6.07, 6.45) is 1.46. The minimum atomic E-state index is -0.233. The summed E-state index contributed by atoms with van der Waals surface area (Å²) in [6, 6.07) is 1.56. The number of amides is 1. The Hall–Kier alpha value is -1.37. The monoisotopic (exact) mass is 287 g/mol. The van der Waals surface area contributed by atoms with Crippen molar-refractivity contribution >= 4 is 23.3 Å². The van der Waals surface area contributed by atoms with Gasteiger partial charge in [-0.2, -0.15) is 0 Å². The van der Waals surface area contributed by atoms with Crippen LogP contribution in [0.5, 0.6) is 0 Å². The minimum Gasteiger partial charge on any atom is -0.395 e. The van der Waals surface area contributed by atoms with Gasteiger partial charge in [0.05, 0.1) is 23.8 Å². The smallest absolute Gasteiger partial charge is 0.255 e. The van der Waals surface area contributed by atoms with Crippen molar-refractivity contribution in [1.82, 2.24) is 9.88 Å². The molecule has 1 amide bonds. The first-order valence-corrected chi connectivity index (χ1v) is 6.24. The number of nitrogens with zero attached hydrogens (tertiary/aromatic N) is 2. The molecule has 0 spiro atoms. The number of nitrogens with one attached hydrogen (secondary N) is 1. The average Bonchev–Trinajstić information content (AvgIpc) is 2.42. The van der Waals surface area contributed by atoms with Gasteiger partial charge in [0.1, 0.15) is 5.82 Å². The van der Waals surface area contributed by atoms with Gasteiger partial charge in [-0.1, -0.05) is 11.6 Å². The number of methoxy groups -OCH3 is 1. The Labute approximate surface area is 117 Å². The maximum Gasteiger partial charge on any atom is 0.255 e. The SMILES string of the molecule is CNc1ncc(C(=O)N(CCO)CCOC)cc1Cl. The Balaban J connectivity index is 2.86. The first kappa shape index (κ1) is 15.7. The molecule has 0 unspecified atom stereocenters. The van der Waals surface area contributed by atoms with Crippen molar-refractivity contribution in [3.63, 3.8) is 0 Å². The van der Waals surface area contributed by atoms with E-state index in [1.807, 2.05) is 0 Å². The third-order valence-corrected chi connectivity index (χ3v) is 2.84. The zero-order chi connectivity index (χ0) is 14.3. The highest BCUT2D eigenvalue weighted by Crippen LogP contribution is 2.20. The molecule has 0 atom stereocenters. The summed E-state index contributed by atoms with van der Waals surface area (Å²) in [5.74, 6) is 0.284. The molecule has 0 aliphatic carbocycles. The van der Waals surface area contributed by atoms with Crippen LogP contribution in [0.4, 0.5) is 5.82 Å². The number of hydrogen-bond donors (Lipinski definition) is 2. The lowest BCUT2D eigenvalue weighted by atomic mass is 10.2. The van der Waals surface area contributed by atoms with Crippen LogP contribution >= 0.6 is 11.6 Å². The number of aliphatic hydroxyl groups excluding tert-OH is 1. The van der Waals surface area contributed by atoms with Crippen LogP contribution in [0.25, 0.3) is 0 Å². The van der Waals surface area contributed by atoms with Gasteiger partial charge in [0.15, 0.2) is 0 Å². The molecule has 106 valence electrons. The molecule has 1 rings (SSSR count). The fraction of sp³-hybridized carbons (Fsp3) is 0.500. The molecule has 19 heavy (non-hydrogen) atoms. The van der Waals surface area contributed by atoms with Gasteiger partial charge < -0.3 is 20.1 Å². The van der Waals surface area contributed by atoms with Gasteiger partial charge in [-0.05, 0) is 6.07 Å². The highest BCUT2D eigenvalue weighted by molar-refractivity contribution is 6.33. The summed E-state index contributed by atoms with van der Waals surface area (Å²) in [6.45, 7) is 0.946. The van der Waals surface area contributed by atoms with E-state index in [1.165, 1.54) is 11.1 Å². The van der Waals surface area contributed by atoms with Crippen LogP contribution in [0, 0.1) is 0 Å². The summed E-state index contributed by atoms with van der Waals surface area (Å²) in [5, 5.41) is 12.2. The van der Waals surface area contributed by atoms with Gasteiger partial charge in [-0.15, -0.1) is 0 Å². The van der Waals surface area contributed by atoms with Crippen molar-refractivity contribution < 1.29 is 14.6 Å². The molecule has 7 heteroatoms. The number of halogens is 1. The van der Waals surface area contributed by atoms with Gasteiger partial charge in [0.2, 0.25) is 0 Å². The first-order valence-electron chi connectivity index (χ1n) is 5.86. The zero-order valence-electron chi connectivity index (χ0n) is 11.0. The lowest BCUT2D eigenvalue weighted by Crippen LogP contribution is -2.36. The van der Waals surface area contributed by atoms with E-state index in [9.17, 15) is 4.79 Å². The van der Waals surface area contributed by atoms with E-state index >= 15 is 0 Å². The van der Waals surface area contributed by atoms with Gasteiger partial charge in [0, 0.05) is 33.4 Å². The lowest BCUT2D eigenvalue weighted by molar-refractivity contribution is 0.0656. The summed E-state index contributed by atoms with van der Waals surface area (Å²) >= 11 is 5.99. The standard InChI is InChI=1S/C12H18ClN3O3/c1-14-11-10(13)7-9(8-15-11)12(18)16(3-5-17)4-6-19-2/h7-8,17H,3-6H2,1-2H3,(H,14,15). The van der Waals surface area contributed by atoms with E-state index in [4.69, 9.17) is 21.4 Å². The van der Waals surface area contributed by atoms with Crippen molar-refractivity contribution in [2.75, 3.05) is 45.8 Å². The number of carbonyl (C=O) groups is 1. The predicted octanol–water partition coefficient (Wildman–Crippen LogP) is 0.858. The third-order valence-electron chi connectivity index (χ3n) is 2.55. The summed E-state index contributed by atoms with van der Waals surface area (Å²) in [7, 11) is 3.26. The zero-order valence-corrected chi connectivity index (χ0v) is 11.8. The van der Waals surface area contributed by atoms with Crippen molar-refractivity contribution in [2.24, 2.45) is 0 Å². The second-order valence-corrected chi connectivity index (χ2v) is 4.22. The van der Waals surface area contributed by atoms with Crippen LogP contribution in [0.1, 0.15) is 10.4 Å². The molecule has 0 saturated heterocycles. The number of anilines is 1.